The summed E-state index contributed by atoms with van der Waals surface area (Å²) in [5, 5.41) is 1.15. The van der Waals surface area contributed by atoms with Crippen LogP contribution in [0.2, 0.25) is 0 Å². The molecule has 2 unspecified atom stereocenters. The van der Waals surface area contributed by atoms with Crippen molar-refractivity contribution in [3.05, 3.63) is 20.1 Å². The summed E-state index contributed by atoms with van der Waals surface area (Å²) >= 11 is 24.8. The summed E-state index contributed by atoms with van der Waals surface area (Å²) in [5.41, 5.74) is -0.863. The standard InChI is InChI=1S/C13H18Cl4O2/c1-4-5-6-7-13(19-3)11(17)9(15)8(14)10(16)12(13)18-2/h12H,4-7H2,1-3H3. The van der Waals surface area contributed by atoms with E-state index in [2.05, 4.69) is 6.92 Å². The molecule has 0 aromatic rings. The number of hydrogen-bond donors (Lipinski definition) is 0. The maximum absolute atomic E-state index is 6.37. The predicted octanol–water partition coefficient (Wildman–Crippen LogP) is 5.36. The van der Waals surface area contributed by atoms with Gasteiger partial charge in [-0.1, -0.05) is 72.6 Å². The van der Waals surface area contributed by atoms with Gasteiger partial charge in [-0.3, -0.25) is 0 Å². The molecule has 0 fully saturated rings. The number of rotatable bonds is 6. The zero-order chi connectivity index (χ0) is 14.6. The fourth-order valence-corrected chi connectivity index (χ4v) is 3.57. The van der Waals surface area contributed by atoms with Crippen LogP contribution < -0.4 is 0 Å². The predicted molar refractivity (Wildman–Crippen MR) is 82.1 cm³/mol. The Morgan fingerprint density at radius 1 is 1.05 bits per heavy atom. The lowest BCUT2D eigenvalue weighted by Crippen LogP contribution is -2.48. The number of ether oxygens (including phenoxy) is 2. The third kappa shape index (κ3) is 3.25. The van der Waals surface area contributed by atoms with Crippen LogP contribution >= 0.6 is 46.4 Å². The van der Waals surface area contributed by atoms with Crippen LogP contribution in [-0.2, 0) is 9.47 Å². The van der Waals surface area contributed by atoms with Gasteiger partial charge in [0.1, 0.15) is 11.7 Å². The van der Waals surface area contributed by atoms with Crippen molar-refractivity contribution >= 4 is 46.4 Å². The molecular formula is C13H18Cl4O2. The second-order valence-electron chi connectivity index (χ2n) is 4.46. The molecule has 2 nitrogen and oxygen atoms in total. The van der Waals surface area contributed by atoms with E-state index in [0.29, 0.717) is 16.5 Å². The van der Waals surface area contributed by atoms with Crippen molar-refractivity contribution < 1.29 is 9.47 Å². The normalized spacial score (nSPS) is 28.3. The van der Waals surface area contributed by atoms with Crippen molar-refractivity contribution in [1.29, 1.82) is 0 Å². The van der Waals surface area contributed by atoms with Gasteiger partial charge < -0.3 is 9.47 Å². The molecule has 0 saturated carbocycles. The number of unbranched alkanes of at least 4 members (excludes halogenated alkanes) is 2. The maximum atomic E-state index is 6.37. The van der Waals surface area contributed by atoms with Crippen LogP contribution in [0, 0.1) is 0 Å². The summed E-state index contributed by atoms with van der Waals surface area (Å²) in [6.45, 7) is 2.13. The molecule has 0 saturated heterocycles. The first kappa shape index (κ1) is 17.6. The van der Waals surface area contributed by atoms with Crippen molar-refractivity contribution in [1.82, 2.24) is 0 Å². The summed E-state index contributed by atoms with van der Waals surface area (Å²) in [5.74, 6) is 0. The molecule has 0 heterocycles. The number of halogens is 4. The van der Waals surface area contributed by atoms with E-state index in [1.807, 2.05) is 0 Å². The van der Waals surface area contributed by atoms with Gasteiger partial charge >= 0.3 is 0 Å². The molecule has 0 amide bonds. The third-order valence-corrected chi connectivity index (χ3v) is 5.33. The monoisotopic (exact) mass is 346 g/mol. The lowest BCUT2D eigenvalue weighted by Gasteiger charge is -2.41. The van der Waals surface area contributed by atoms with Crippen LogP contribution in [0.5, 0.6) is 0 Å². The molecule has 1 aliphatic carbocycles. The van der Waals surface area contributed by atoms with Crippen LogP contribution in [0.3, 0.4) is 0 Å². The van der Waals surface area contributed by atoms with E-state index in [1.165, 1.54) is 0 Å². The molecule has 19 heavy (non-hydrogen) atoms. The molecule has 0 aromatic carbocycles. The minimum atomic E-state index is -0.863. The Morgan fingerprint density at radius 2 is 1.68 bits per heavy atom. The second-order valence-corrected chi connectivity index (χ2v) is 6.00. The molecule has 6 heteroatoms. The van der Waals surface area contributed by atoms with Gasteiger partial charge in [-0.05, 0) is 6.42 Å². The zero-order valence-electron chi connectivity index (χ0n) is 11.2. The first-order valence-electron chi connectivity index (χ1n) is 6.15. The summed E-state index contributed by atoms with van der Waals surface area (Å²) in [4.78, 5) is 0. The van der Waals surface area contributed by atoms with Gasteiger partial charge in [0.05, 0.1) is 20.1 Å². The van der Waals surface area contributed by atoms with Crippen molar-refractivity contribution in [3.63, 3.8) is 0 Å². The molecule has 0 bridgehead atoms. The molecule has 1 rings (SSSR count). The van der Waals surface area contributed by atoms with Crippen molar-refractivity contribution in [3.8, 4) is 0 Å². The van der Waals surface area contributed by atoms with Crippen LogP contribution in [-0.4, -0.2) is 25.9 Å². The minimum absolute atomic E-state index is 0.225. The van der Waals surface area contributed by atoms with E-state index in [1.54, 1.807) is 14.2 Å². The van der Waals surface area contributed by atoms with Crippen LogP contribution in [0.1, 0.15) is 32.6 Å². The molecule has 0 spiro atoms. The fourth-order valence-electron chi connectivity index (χ4n) is 2.29. The lowest BCUT2D eigenvalue weighted by molar-refractivity contribution is -0.0776. The first-order valence-corrected chi connectivity index (χ1v) is 7.66. The first-order chi connectivity index (χ1) is 8.96. The number of methoxy groups -OCH3 is 2. The second kappa shape index (κ2) is 7.53. The number of hydrogen-bond acceptors (Lipinski definition) is 2. The molecule has 0 aromatic heterocycles. The topological polar surface area (TPSA) is 18.5 Å². The van der Waals surface area contributed by atoms with Gasteiger partial charge in [-0.25, -0.2) is 0 Å². The lowest BCUT2D eigenvalue weighted by atomic mass is 9.85. The van der Waals surface area contributed by atoms with Gasteiger partial charge in [-0.2, -0.15) is 0 Å². The van der Waals surface area contributed by atoms with Crippen LogP contribution in [0.25, 0.3) is 0 Å². The number of allylic oxidation sites excluding steroid dienone is 2. The van der Waals surface area contributed by atoms with E-state index in [-0.39, 0.29) is 10.1 Å². The largest absolute Gasteiger partial charge is 0.372 e. The molecule has 1 aliphatic rings. The van der Waals surface area contributed by atoms with E-state index >= 15 is 0 Å². The molecule has 0 N–H and O–H groups in total. The van der Waals surface area contributed by atoms with E-state index in [9.17, 15) is 0 Å². The van der Waals surface area contributed by atoms with Gasteiger partial charge in [0, 0.05) is 14.2 Å². The van der Waals surface area contributed by atoms with E-state index < -0.39 is 11.7 Å². The molecule has 0 aliphatic heterocycles. The highest BCUT2D eigenvalue weighted by Gasteiger charge is 2.49. The van der Waals surface area contributed by atoms with E-state index in [4.69, 9.17) is 55.9 Å². The smallest absolute Gasteiger partial charge is 0.136 e. The Morgan fingerprint density at radius 3 is 2.16 bits per heavy atom. The Balaban J connectivity index is 3.19. The molecular weight excluding hydrogens is 330 g/mol. The van der Waals surface area contributed by atoms with Crippen LogP contribution in [0.4, 0.5) is 0 Å². The Bertz CT molecular complexity index is 392. The highest BCUT2D eigenvalue weighted by Crippen LogP contribution is 2.49. The zero-order valence-corrected chi connectivity index (χ0v) is 14.3. The van der Waals surface area contributed by atoms with Crippen LogP contribution in [0.15, 0.2) is 20.1 Å². The van der Waals surface area contributed by atoms with Gasteiger partial charge in [0.25, 0.3) is 0 Å². The summed E-state index contributed by atoms with van der Waals surface area (Å²) < 4.78 is 11.1. The highest BCUT2D eigenvalue weighted by molar-refractivity contribution is 6.52. The van der Waals surface area contributed by atoms with E-state index in [0.717, 1.165) is 19.3 Å². The van der Waals surface area contributed by atoms with Crippen molar-refractivity contribution in [2.24, 2.45) is 0 Å². The van der Waals surface area contributed by atoms with Crippen molar-refractivity contribution in [2.75, 3.05) is 14.2 Å². The summed E-state index contributed by atoms with van der Waals surface area (Å²) in [6.07, 6.45) is 3.23. The minimum Gasteiger partial charge on any atom is -0.372 e. The van der Waals surface area contributed by atoms with Gasteiger partial charge in [0.15, 0.2) is 0 Å². The Kier molecular flexibility index (Phi) is 6.98. The summed E-state index contributed by atoms with van der Waals surface area (Å²) in [6, 6.07) is 0. The Labute approximate surface area is 134 Å². The molecule has 2 atom stereocenters. The SMILES string of the molecule is CCCCCC1(OC)C(Cl)=C(Cl)C(Cl)=C(Cl)C1OC. The quantitative estimate of drug-likeness (QED) is 0.602. The Hall–Kier alpha value is 0.560. The average Bonchev–Trinajstić information content (AvgIpc) is 2.42. The van der Waals surface area contributed by atoms with Crippen molar-refractivity contribution in [2.45, 2.75) is 44.3 Å². The fraction of sp³-hybridized carbons (Fsp3) is 0.692. The molecule has 110 valence electrons. The average molecular weight is 348 g/mol. The third-order valence-electron chi connectivity index (χ3n) is 3.37. The van der Waals surface area contributed by atoms with Gasteiger partial charge in [-0.15, -0.1) is 0 Å². The molecule has 0 radical (unpaired) electrons. The highest BCUT2D eigenvalue weighted by atomic mass is 35.5. The van der Waals surface area contributed by atoms with Gasteiger partial charge in [0.2, 0.25) is 0 Å². The maximum Gasteiger partial charge on any atom is 0.136 e. The summed E-state index contributed by atoms with van der Waals surface area (Å²) in [7, 11) is 3.13.